The highest BCUT2D eigenvalue weighted by Gasteiger charge is 2.18. The minimum absolute atomic E-state index is 0.299. The minimum Gasteiger partial charge on any atom is -0.493 e. The van der Waals surface area contributed by atoms with Gasteiger partial charge >= 0.3 is 10.9 Å². The van der Waals surface area contributed by atoms with E-state index in [1.165, 1.54) is 19.2 Å². The highest BCUT2D eigenvalue weighted by molar-refractivity contribution is 7.16. The molecule has 1 aromatic carbocycles. The number of ether oxygens (including phenoxy) is 1. The van der Waals surface area contributed by atoms with Gasteiger partial charge in [0.25, 0.3) is 0 Å². The van der Waals surface area contributed by atoms with Crippen LogP contribution in [-0.4, -0.2) is 18.2 Å². The zero-order valence-corrected chi connectivity index (χ0v) is 9.61. The number of hydrogen-bond donors (Lipinski definition) is 2. The summed E-state index contributed by atoms with van der Waals surface area (Å²) in [6, 6.07) is 1.81. The maximum atomic E-state index is 11.1. The Morgan fingerprint density at radius 3 is 2.88 bits per heavy atom. The average Bonchev–Trinajstić information content (AvgIpc) is 2.66. The molecule has 1 unspecified atom stereocenters. The second-order valence-corrected chi connectivity index (χ2v) is 4.30. The second kappa shape index (κ2) is 4.19. The SMILES string of the molecule is COc1cc(C(N)C(=O)O)cc2sc(=O)oc12. The van der Waals surface area contributed by atoms with Gasteiger partial charge in [0.1, 0.15) is 6.04 Å². The van der Waals surface area contributed by atoms with Crippen LogP contribution in [0.15, 0.2) is 21.3 Å². The van der Waals surface area contributed by atoms with E-state index < -0.39 is 17.0 Å². The molecule has 0 aliphatic rings. The van der Waals surface area contributed by atoms with Gasteiger partial charge < -0.3 is 20.0 Å². The van der Waals surface area contributed by atoms with Gasteiger partial charge in [-0.15, -0.1) is 0 Å². The largest absolute Gasteiger partial charge is 0.493 e. The lowest BCUT2D eigenvalue weighted by molar-refractivity contribution is -0.138. The Labute approximate surface area is 99.2 Å². The molecule has 90 valence electrons. The Bertz CT molecular complexity index is 629. The number of carboxylic acid groups (broad SMARTS) is 1. The first-order valence-electron chi connectivity index (χ1n) is 4.63. The van der Waals surface area contributed by atoms with E-state index >= 15 is 0 Å². The molecule has 6 nitrogen and oxygen atoms in total. The van der Waals surface area contributed by atoms with Gasteiger partial charge in [-0.25, -0.2) is 4.79 Å². The molecule has 1 atom stereocenters. The van der Waals surface area contributed by atoms with Crippen LogP contribution in [0.3, 0.4) is 0 Å². The molecule has 0 spiro atoms. The number of carboxylic acids is 1. The number of benzene rings is 1. The third kappa shape index (κ3) is 2.02. The number of aliphatic carboxylic acids is 1. The molecule has 0 aliphatic heterocycles. The highest BCUT2D eigenvalue weighted by atomic mass is 32.1. The van der Waals surface area contributed by atoms with Crippen molar-refractivity contribution in [3.8, 4) is 5.75 Å². The molecule has 0 saturated heterocycles. The molecule has 0 radical (unpaired) electrons. The van der Waals surface area contributed by atoms with Crippen LogP contribution in [0.2, 0.25) is 0 Å². The molecule has 7 heteroatoms. The number of carbonyl (C=O) groups is 1. The lowest BCUT2D eigenvalue weighted by atomic mass is 10.1. The number of fused-ring (bicyclic) bond motifs is 1. The van der Waals surface area contributed by atoms with E-state index in [1.807, 2.05) is 0 Å². The van der Waals surface area contributed by atoms with Crippen LogP contribution in [0.4, 0.5) is 0 Å². The highest BCUT2D eigenvalue weighted by Crippen LogP contribution is 2.31. The van der Waals surface area contributed by atoms with Crippen molar-refractivity contribution >= 4 is 27.6 Å². The summed E-state index contributed by atoms with van der Waals surface area (Å²) in [5.41, 5.74) is 6.17. The van der Waals surface area contributed by atoms with E-state index in [9.17, 15) is 9.59 Å². The normalized spacial score (nSPS) is 12.6. The molecule has 17 heavy (non-hydrogen) atoms. The zero-order chi connectivity index (χ0) is 12.6. The van der Waals surface area contributed by atoms with Crippen molar-refractivity contribution in [1.29, 1.82) is 0 Å². The van der Waals surface area contributed by atoms with Crippen molar-refractivity contribution in [2.24, 2.45) is 5.73 Å². The van der Waals surface area contributed by atoms with Gasteiger partial charge in [0.2, 0.25) is 0 Å². The lowest BCUT2D eigenvalue weighted by Gasteiger charge is -2.08. The van der Waals surface area contributed by atoms with Crippen LogP contribution in [0.25, 0.3) is 10.3 Å². The van der Waals surface area contributed by atoms with Crippen LogP contribution < -0.4 is 15.4 Å². The van der Waals surface area contributed by atoms with E-state index in [4.69, 9.17) is 20.0 Å². The molecular weight excluding hydrogens is 246 g/mol. The summed E-state index contributed by atoms with van der Waals surface area (Å²) in [5.74, 6) is -0.852. The van der Waals surface area contributed by atoms with E-state index in [0.717, 1.165) is 11.3 Å². The van der Waals surface area contributed by atoms with Gasteiger partial charge in [0.05, 0.1) is 11.8 Å². The quantitative estimate of drug-likeness (QED) is 0.846. The molecule has 2 aromatic rings. The van der Waals surface area contributed by atoms with Crippen LogP contribution in [-0.2, 0) is 4.79 Å². The fourth-order valence-corrected chi connectivity index (χ4v) is 2.18. The molecular formula is C10H9NO5S. The summed E-state index contributed by atoms with van der Waals surface area (Å²) >= 11 is 0.874. The first-order valence-corrected chi connectivity index (χ1v) is 5.44. The Morgan fingerprint density at radius 1 is 1.59 bits per heavy atom. The summed E-state index contributed by atoms with van der Waals surface area (Å²) in [6.07, 6.45) is 0. The number of rotatable bonds is 3. The van der Waals surface area contributed by atoms with Crippen LogP contribution in [0, 0.1) is 0 Å². The number of methoxy groups -OCH3 is 1. The third-order valence-electron chi connectivity index (χ3n) is 2.27. The van der Waals surface area contributed by atoms with Gasteiger partial charge in [0.15, 0.2) is 11.3 Å². The number of hydrogen-bond acceptors (Lipinski definition) is 6. The second-order valence-electron chi connectivity index (χ2n) is 3.32. The van der Waals surface area contributed by atoms with Gasteiger partial charge in [-0.2, -0.15) is 0 Å². The summed E-state index contributed by atoms with van der Waals surface area (Å²) < 4.78 is 10.5. The van der Waals surface area contributed by atoms with Crippen LogP contribution >= 0.6 is 11.3 Å². The Hall–Kier alpha value is -1.86. The molecule has 3 N–H and O–H groups in total. The van der Waals surface area contributed by atoms with Crippen molar-refractivity contribution in [2.45, 2.75) is 6.04 Å². The Morgan fingerprint density at radius 2 is 2.29 bits per heavy atom. The third-order valence-corrected chi connectivity index (χ3v) is 3.04. The van der Waals surface area contributed by atoms with E-state index in [0.29, 0.717) is 21.6 Å². The first kappa shape index (κ1) is 11.6. The summed E-state index contributed by atoms with van der Waals surface area (Å²) in [4.78, 5) is 21.4. The minimum atomic E-state index is -1.16. The maximum Gasteiger partial charge on any atom is 0.396 e. The topological polar surface area (TPSA) is 103 Å². The van der Waals surface area contributed by atoms with Crippen molar-refractivity contribution < 1.29 is 19.1 Å². The molecule has 0 bridgehead atoms. The van der Waals surface area contributed by atoms with Crippen molar-refractivity contribution in [1.82, 2.24) is 0 Å². The van der Waals surface area contributed by atoms with E-state index in [2.05, 4.69) is 0 Å². The van der Waals surface area contributed by atoms with Crippen molar-refractivity contribution in [3.05, 3.63) is 27.4 Å². The van der Waals surface area contributed by atoms with Gasteiger partial charge in [0, 0.05) is 0 Å². The van der Waals surface area contributed by atoms with Gasteiger partial charge in [-0.3, -0.25) is 4.79 Å². The molecule has 0 fully saturated rings. The zero-order valence-electron chi connectivity index (χ0n) is 8.80. The molecule has 0 saturated carbocycles. The molecule has 0 aliphatic carbocycles. The monoisotopic (exact) mass is 255 g/mol. The van der Waals surface area contributed by atoms with Gasteiger partial charge in [-0.05, 0) is 17.7 Å². The first-order chi connectivity index (χ1) is 8.02. The van der Waals surface area contributed by atoms with Gasteiger partial charge in [-0.1, -0.05) is 11.3 Å². The lowest BCUT2D eigenvalue weighted by Crippen LogP contribution is -2.20. The Balaban J connectivity index is 2.67. The number of nitrogens with two attached hydrogens (primary N) is 1. The standard InChI is InChI=1S/C10H9NO5S/c1-15-5-2-4(7(11)9(12)13)3-6-8(5)16-10(14)17-6/h2-3,7H,11H2,1H3,(H,12,13). The predicted octanol–water partition coefficient (Wildman–Crippen LogP) is 0.947. The van der Waals surface area contributed by atoms with E-state index in [1.54, 1.807) is 0 Å². The maximum absolute atomic E-state index is 11.1. The predicted molar refractivity (Wildman–Crippen MR) is 61.5 cm³/mol. The molecule has 2 rings (SSSR count). The smallest absolute Gasteiger partial charge is 0.396 e. The molecule has 1 heterocycles. The van der Waals surface area contributed by atoms with Crippen LogP contribution in [0.1, 0.15) is 11.6 Å². The average molecular weight is 255 g/mol. The summed E-state index contributed by atoms with van der Waals surface area (Å²) in [7, 11) is 1.41. The summed E-state index contributed by atoms with van der Waals surface area (Å²) in [5, 5.41) is 8.83. The van der Waals surface area contributed by atoms with E-state index in [-0.39, 0.29) is 0 Å². The molecule has 1 aromatic heterocycles. The Kier molecular flexibility index (Phi) is 2.86. The van der Waals surface area contributed by atoms with Crippen molar-refractivity contribution in [3.63, 3.8) is 0 Å². The molecule has 0 amide bonds. The van der Waals surface area contributed by atoms with Crippen LogP contribution in [0.5, 0.6) is 5.75 Å². The fraction of sp³-hybridized carbons (Fsp3) is 0.200. The van der Waals surface area contributed by atoms with Crippen molar-refractivity contribution in [2.75, 3.05) is 7.11 Å². The fourth-order valence-electron chi connectivity index (χ4n) is 1.44. The summed E-state index contributed by atoms with van der Waals surface area (Å²) in [6.45, 7) is 0.